The minimum atomic E-state index is -0.158. The van der Waals surface area contributed by atoms with E-state index in [2.05, 4.69) is 15.3 Å². The average Bonchev–Trinajstić information content (AvgIpc) is 3.37. The number of thiophene rings is 1. The van der Waals surface area contributed by atoms with Crippen LogP contribution in [-0.2, 0) is 11.2 Å². The van der Waals surface area contributed by atoms with Crippen LogP contribution in [0.2, 0.25) is 0 Å². The molecule has 2 N–H and O–H groups in total. The van der Waals surface area contributed by atoms with E-state index in [1.165, 1.54) is 6.08 Å². The molecule has 2 aromatic heterocycles. The van der Waals surface area contributed by atoms with Gasteiger partial charge in [-0.2, -0.15) is 0 Å². The molecule has 3 rings (SSSR count). The predicted molar refractivity (Wildman–Crippen MR) is 107 cm³/mol. The van der Waals surface area contributed by atoms with E-state index in [-0.39, 0.29) is 5.91 Å². The number of benzene rings is 1. The first-order valence-corrected chi connectivity index (χ1v) is 9.33. The Bertz CT molecular complexity index is 916. The average molecular weight is 383 g/mol. The summed E-state index contributed by atoms with van der Waals surface area (Å²) in [5.74, 6) is 1.97. The van der Waals surface area contributed by atoms with Crippen LogP contribution in [0.25, 0.3) is 16.6 Å². The number of nitrogens with zero attached hydrogens (tertiary/aromatic N) is 1. The Balaban J connectivity index is 1.49. The van der Waals surface area contributed by atoms with Crippen molar-refractivity contribution < 1.29 is 14.3 Å². The fraction of sp³-hybridized carbons (Fsp3) is 0.200. The molecule has 1 amide bonds. The third-order valence-electron chi connectivity index (χ3n) is 3.91. The summed E-state index contributed by atoms with van der Waals surface area (Å²) in [6.45, 7) is 0.506. The summed E-state index contributed by atoms with van der Waals surface area (Å²) >= 11 is 1.66. The SMILES string of the molecule is COc1ccc(C=CC(=O)NCCc2ncc(-c3cccs3)[nH]2)cc1OC. The number of methoxy groups -OCH3 is 2. The summed E-state index contributed by atoms with van der Waals surface area (Å²) in [6, 6.07) is 9.53. The molecule has 3 aromatic rings. The van der Waals surface area contributed by atoms with Crippen LogP contribution in [0.3, 0.4) is 0 Å². The lowest BCUT2D eigenvalue weighted by Gasteiger charge is -2.07. The molecule has 140 valence electrons. The lowest BCUT2D eigenvalue weighted by atomic mass is 10.2. The normalized spacial score (nSPS) is 10.9. The fourth-order valence-corrected chi connectivity index (χ4v) is 3.23. The van der Waals surface area contributed by atoms with E-state index in [1.807, 2.05) is 35.8 Å². The summed E-state index contributed by atoms with van der Waals surface area (Å²) in [6.07, 6.45) is 5.70. The van der Waals surface area contributed by atoms with Gasteiger partial charge in [0.1, 0.15) is 5.82 Å². The van der Waals surface area contributed by atoms with Crippen molar-refractivity contribution in [2.45, 2.75) is 6.42 Å². The van der Waals surface area contributed by atoms with Gasteiger partial charge in [0.05, 0.1) is 31.0 Å². The molecule has 0 spiro atoms. The van der Waals surface area contributed by atoms with Crippen molar-refractivity contribution in [3.8, 4) is 22.1 Å². The molecule has 0 radical (unpaired) electrons. The molecular formula is C20H21N3O3S. The number of imidazole rings is 1. The largest absolute Gasteiger partial charge is 0.493 e. The molecule has 0 aliphatic carbocycles. The van der Waals surface area contributed by atoms with Gasteiger partial charge in [-0.15, -0.1) is 11.3 Å². The van der Waals surface area contributed by atoms with Gasteiger partial charge in [0.25, 0.3) is 0 Å². The molecule has 6 nitrogen and oxygen atoms in total. The van der Waals surface area contributed by atoms with E-state index in [1.54, 1.807) is 37.7 Å². The number of aromatic nitrogens is 2. The predicted octanol–water partition coefficient (Wildman–Crippen LogP) is 3.53. The number of carbonyl (C=O) groups is 1. The Morgan fingerprint density at radius 3 is 2.85 bits per heavy atom. The standard InChI is InChI=1S/C20H21N3O3S/c1-25-16-7-5-14(12-17(16)26-2)6-8-20(24)21-10-9-19-22-13-15(23-19)18-4-3-11-27-18/h3-8,11-13H,9-10H2,1-2H3,(H,21,24)(H,22,23). The second kappa shape index (κ2) is 9.05. The lowest BCUT2D eigenvalue weighted by molar-refractivity contribution is -0.116. The second-order valence-electron chi connectivity index (χ2n) is 5.71. The lowest BCUT2D eigenvalue weighted by Crippen LogP contribution is -2.23. The molecule has 2 heterocycles. The van der Waals surface area contributed by atoms with E-state index >= 15 is 0 Å². The van der Waals surface area contributed by atoms with Crippen LogP contribution in [-0.4, -0.2) is 36.6 Å². The molecule has 0 saturated heterocycles. The minimum absolute atomic E-state index is 0.158. The zero-order valence-electron chi connectivity index (χ0n) is 15.2. The molecule has 7 heteroatoms. The second-order valence-corrected chi connectivity index (χ2v) is 6.66. The summed E-state index contributed by atoms with van der Waals surface area (Å²) in [5.41, 5.74) is 1.86. The zero-order chi connectivity index (χ0) is 19.1. The molecule has 27 heavy (non-hydrogen) atoms. The number of amides is 1. The molecule has 0 unspecified atom stereocenters. The molecule has 1 aromatic carbocycles. The summed E-state index contributed by atoms with van der Waals surface area (Å²) < 4.78 is 10.5. The van der Waals surface area contributed by atoms with Gasteiger partial charge < -0.3 is 19.8 Å². The highest BCUT2D eigenvalue weighted by molar-refractivity contribution is 7.13. The number of H-pyrrole nitrogens is 1. The van der Waals surface area contributed by atoms with Gasteiger partial charge in [0.2, 0.25) is 5.91 Å². The number of ether oxygens (including phenoxy) is 2. The molecule has 0 saturated carbocycles. The minimum Gasteiger partial charge on any atom is -0.493 e. The van der Waals surface area contributed by atoms with E-state index in [4.69, 9.17) is 9.47 Å². The summed E-state index contributed by atoms with van der Waals surface area (Å²) in [5, 5.41) is 4.89. The van der Waals surface area contributed by atoms with Crippen molar-refractivity contribution in [1.29, 1.82) is 0 Å². The zero-order valence-corrected chi connectivity index (χ0v) is 16.0. The van der Waals surface area contributed by atoms with Crippen molar-refractivity contribution in [3.63, 3.8) is 0 Å². The van der Waals surface area contributed by atoms with Gasteiger partial charge in [-0.3, -0.25) is 4.79 Å². The highest BCUT2D eigenvalue weighted by Gasteiger charge is 2.05. The summed E-state index contributed by atoms with van der Waals surface area (Å²) in [4.78, 5) is 20.8. The molecule has 0 aliphatic rings. The van der Waals surface area contributed by atoms with Crippen molar-refractivity contribution in [2.24, 2.45) is 0 Å². The highest BCUT2D eigenvalue weighted by Crippen LogP contribution is 2.28. The molecule has 0 bridgehead atoms. The molecule has 0 atom stereocenters. The first-order valence-electron chi connectivity index (χ1n) is 8.45. The molecule has 0 fully saturated rings. The van der Waals surface area contributed by atoms with E-state index in [0.29, 0.717) is 24.5 Å². The number of rotatable bonds is 8. The summed E-state index contributed by atoms with van der Waals surface area (Å²) in [7, 11) is 3.17. The van der Waals surface area contributed by atoms with Crippen LogP contribution in [0, 0.1) is 0 Å². The van der Waals surface area contributed by atoms with Gasteiger partial charge in [-0.1, -0.05) is 12.1 Å². The van der Waals surface area contributed by atoms with Crippen LogP contribution in [0.4, 0.5) is 0 Å². The molecule has 0 aliphatic heterocycles. The first-order chi connectivity index (χ1) is 13.2. The monoisotopic (exact) mass is 383 g/mol. The van der Waals surface area contributed by atoms with Crippen molar-refractivity contribution >= 4 is 23.3 Å². The van der Waals surface area contributed by atoms with E-state index in [9.17, 15) is 4.79 Å². The highest BCUT2D eigenvalue weighted by atomic mass is 32.1. The van der Waals surface area contributed by atoms with Crippen molar-refractivity contribution in [3.05, 3.63) is 59.4 Å². The van der Waals surface area contributed by atoms with Crippen LogP contribution in [0.1, 0.15) is 11.4 Å². The van der Waals surface area contributed by atoms with E-state index < -0.39 is 0 Å². The number of nitrogens with one attached hydrogen (secondary N) is 2. The van der Waals surface area contributed by atoms with Gasteiger partial charge in [-0.25, -0.2) is 4.98 Å². The Labute approximate surface area is 161 Å². The van der Waals surface area contributed by atoms with Gasteiger partial charge in [0, 0.05) is 19.0 Å². The Morgan fingerprint density at radius 2 is 2.11 bits per heavy atom. The van der Waals surface area contributed by atoms with Crippen LogP contribution in [0.15, 0.2) is 48.0 Å². The number of carbonyl (C=O) groups excluding carboxylic acids is 1. The maximum atomic E-state index is 12.0. The van der Waals surface area contributed by atoms with Gasteiger partial charge in [-0.05, 0) is 35.2 Å². The maximum absolute atomic E-state index is 12.0. The first kappa shape index (κ1) is 18.7. The molecular weight excluding hydrogens is 362 g/mol. The Kier molecular flexibility index (Phi) is 6.27. The van der Waals surface area contributed by atoms with Gasteiger partial charge in [0.15, 0.2) is 11.5 Å². The number of aromatic amines is 1. The smallest absolute Gasteiger partial charge is 0.244 e. The number of hydrogen-bond donors (Lipinski definition) is 2. The van der Waals surface area contributed by atoms with Crippen molar-refractivity contribution in [2.75, 3.05) is 20.8 Å². The topological polar surface area (TPSA) is 76.2 Å². The maximum Gasteiger partial charge on any atom is 0.244 e. The van der Waals surface area contributed by atoms with Crippen LogP contribution < -0.4 is 14.8 Å². The third kappa shape index (κ3) is 4.98. The third-order valence-corrected chi connectivity index (χ3v) is 4.81. The number of hydrogen-bond acceptors (Lipinski definition) is 5. The fourth-order valence-electron chi connectivity index (χ4n) is 2.54. The Hall–Kier alpha value is -3.06. The van der Waals surface area contributed by atoms with Crippen molar-refractivity contribution in [1.82, 2.24) is 15.3 Å². The quantitative estimate of drug-likeness (QED) is 0.584. The Morgan fingerprint density at radius 1 is 1.26 bits per heavy atom. The van der Waals surface area contributed by atoms with Crippen LogP contribution >= 0.6 is 11.3 Å². The van der Waals surface area contributed by atoms with Gasteiger partial charge >= 0.3 is 0 Å². The van der Waals surface area contributed by atoms with Crippen LogP contribution in [0.5, 0.6) is 11.5 Å². The van der Waals surface area contributed by atoms with E-state index in [0.717, 1.165) is 22.0 Å².